The van der Waals surface area contributed by atoms with Crippen molar-refractivity contribution in [3.05, 3.63) is 0 Å². The van der Waals surface area contributed by atoms with Crippen molar-refractivity contribution in [1.82, 2.24) is 0 Å². The van der Waals surface area contributed by atoms with Gasteiger partial charge in [-0.3, -0.25) is 4.79 Å². The van der Waals surface area contributed by atoms with Crippen LogP contribution in [0.15, 0.2) is 0 Å². The largest absolute Gasteiger partial charge is 0.481 e. The van der Waals surface area contributed by atoms with Crippen molar-refractivity contribution in [1.29, 1.82) is 0 Å². The van der Waals surface area contributed by atoms with E-state index in [-0.39, 0.29) is 70.6 Å². The SMILES string of the molecule is CC(=O)O.[Hf].[MgH2].[Ti]. The van der Waals surface area contributed by atoms with Crippen molar-refractivity contribution >= 4 is 29.0 Å². The maximum absolute atomic E-state index is 9.00. The summed E-state index contributed by atoms with van der Waals surface area (Å²) in [6.45, 7) is 1.08. The third kappa shape index (κ3) is 79.9. The number of carboxylic acid groups (broad SMARTS) is 1. The summed E-state index contributed by atoms with van der Waals surface area (Å²) in [4.78, 5) is 9.00. The quantitative estimate of drug-likeness (QED) is 0.593. The van der Waals surface area contributed by atoms with E-state index in [2.05, 4.69) is 0 Å². The van der Waals surface area contributed by atoms with E-state index in [0.717, 1.165) is 6.92 Å². The van der Waals surface area contributed by atoms with Gasteiger partial charge in [-0.05, 0) is 0 Å². The van der Waals surface area contributed by atoms with Gasteiger partial charge in [0, 0.05) is 54.5 Å². The van der Waals surface area contributed by atoms with Crippen LogP contribution < -0.4 is 0 Å². The Kier molecular flexibility index (Phi) is 51.9. The Labute approximate surface area is 92.2 Å². The van der Waals surface area contributed by atoms with Crippen molar-refractivity contribution in [2.45, 2.75) is 6.92 Å². The molecule has 0 amide bonds. The molecule has 36 valence electrons. The zero-order valence-electron chi connectivity index (χ0n) is 3.36. The van der Waals surface area contributed by atoms with Gasteiger partial charge in [0.05, 0.1) is 0 Å². The van der Waals surface area contributed by atoms with Crippen LogP contribution >= 0.6 is 0 Å². The fraction of sp³-hybridized carbons (Fsp3) is 0.500. The standard InChI is InChI=1S/C2H4O2.Hf.Mg.Ti.2H/c1-2(3)4;;;;;/h1H3,(H,3,4);;;;;. The number of carboxylic acids is 1. The fourth-order valence-corrected chi connectivity index (χ4v) is 0. The van der Waals surface area contributed by atoms with Gasteiger partial charge in [0.25, 0.3) is 5.97 Å². The average molecular weight is 313 g/mol. The van der Waals surface area contributed by atoms with E-state index in [4.69, 9.17) is 9.90 Å². The van der Waals surface area contributed by atoms with Crippen LogP contribution in [0.3, 0.4) is 0 Å². The molecule has 1 N–H and O–H groups in total. The van der Waals surface area contributed by atoms with Gasteiger partial charge in [-0.15, -0.1) is 0 Å². The summed E-state index contributed by atoms with van der Waals surface area (Å²) < 4.78 is 0. The Bertz CT molecular complexity index is 38.7. The second-order valence-electron chi connectivity index (χ2n) is 0.519. The van der Waals surface area contributed by atoms with Gasteiger partial charge in [0.2, 0.25) is 0 Å². The van der Waals surface area contributed by atoms with E-state index in [0.29, 0.717) is 0 Å². The Balaban J connectivity index is -0.0000000150. The van der Waals surface area contributed by atoms with Crippen molar-refractivity contribution < 1.29 is 57.5 Å². The molecule has 7 heavy (non-hydrogen) atoms. The number of aliphatic carboxylic acids is 1. The molecule has 5 heteroatoms. The molecular weight excluding hydrogens is 307 g/mol. The summed E-state index contributed by atoms with van der Waals surface area (Å²) in [5, 5.41) is 7.42. The molecule has 2 nitrogen and oxygen atoms in total. The third-order valence-corrected chi connectivity index (χ3v) is 0. The number of hydrogen-bond donors (Lipinski definition) is 1. The van der Waals surface area contributed by atoms with E-state index in [9.17, 15) is 0 Å². The number of carbonyl (C=O) groups is 1. The molecule has 0 aromatic carbocycles. The van der Waals surface area contributed by atoms with Crippen LogP contribution in [0.25, 0.3) is 0 Å². The van der Waals surface area contributed by atoms with Crippen molar-refractivity contribution in [3.63, 3.8) is 0 Å². The summed E-state index contributed by atoms with van der Waals surface area (Å²) in [6.07, 6.45) is 0. The zero-order chi connectivity index (χ0) is 3.58. The van der Waals surface area contributed by atoms with Crippen LogP contribution in [0.1, 0.15) is 6.92 Å². The van der Waals surface area contributed by atoms with Gasteiger partial charge < -0.3 is 5.11 Å². The summed E-state index contributed by atoms with van der Waals surface area (Å²) >= 11 is 0. The van der Waals surface area contributed by atoms with E-state index in [1.807, 2.05) is 0 Å². The second-order valence-corrected chi connectivity index (χ2v) is 0.519. The molecule has 0 spiro atoms. The summed E-state index contributed by atoms with van der Waals surface area (Å²) in [5.41, 5.74) is 0. The fourth-order valence-electron chi connectivity index (χ4n) is 0. The second kappa shape index (κ2) is 15.7. The molecule has 0 fully saturated rings. The normalized spacial score (nSPS) is 3.57. The molecule has 0 aliphatic carbocycles. The molecule has 0 atom stereocenters. The average Bonchev–Trinajstić information content (AvgIpc) is 0.811. The van der Waals surface area contributed by atoms with Crippen molar-refractivity contribution in [2.75, 3.05) is 0 Å². The van der Waals surface area contributed by atoms with Crippen molar-refractivity contribution in [2.24, 2.45) is 0 Å². The van der Waals surface area contributed by atoms with Crippen LogP contribution in [-0.2, 0) is 52.4 Å². The Morgan fingerprint density at radius 2 is 1.57 bits per heavy atom. The topological polar surface area (TPSA) is 37.3 Å². The van der Waals surface area contributed by atoms with Crippen LogP contribution in [0.2, 0.25) is 0 Å². The smallest absolute Gasteiger partial charge is 0.316 e. The first kappa shape index (κ1) is 23.2. The Morgan fingerprint density at radius 1 is 1.57 bits per heavy atom. The predicted octanol–water partition coefficient (Wildman–Crippen LogP) is -0.830. The number of hydrogen-bond acceptors (Lipinski definition) is 1. The first-order chi connectivity index (χ1) is 1.73. The summed E-state index contributed by atoms with van der Waals surface area (Å²) in [5.74, 6) is -0.833. The van der Waals surface area contributed by atoms with Gasteiger partial charge >= 0.3 is 23.1 Å². The minimum Gasteiger partial charge on any atom is -0.481 e. The first-order valence-corrected chi connectivity index (χ1v) is 0.928. The molecule has 0 rings (SSSR count). The number of rotatable bonds is 0. The van der Waals surface area contributed by atoms with Gasteiger partial charge in [-0.25, -0.2) is 0 Å². The molecule has 0 heterocycles. The molecule has 0 saturated carbocycles. The van der Waals surface area contributed by atoms with Gasteiger partial charge in [-0.2, -0.15) is 0 Å². The minimum absolute atomic E-state index is 0. The van der Waals surface area contributed by atoms with Gasteiger partial charge in [-0.1, -0.05) is 0 Å². The van der Waals surface area contributed by atoms with Crippen molar-refractivity contribution in [3.8, 4) is 0 Å². The summed E-state index contributed by atoms with van der Waals surface area (Å²) in [6, 6.07) is 0. The molecule has 0 aliphatic rings. The molecule has 0 aromatic heterocycles. The van der Waals surface area contributed by atoms with E-state index >= 15 is 0 Å². The predicted molar refractivity (Wildman–Crippen MR) is 21.9 cm³/mol. The Morgan fingerprint density at radius 3 is 1.57 bits per heavy atom. The molecule has 0 unspecified atom stereocenters. The Hall–Kier alpha value is 1.82. The van der Waals surface area contributed by atoms with Crippen LogP contribution in [0, 0.1) is 0 Å². The van der Waals surface area contributed by atoms with Gasteiger partial charge in [0.1, 0.15) is 0 Å². The van der Waals surface area contributed by atoms with Crippen LogP contribution in [0.5, 0.6) is 0 Å². The van der Waals surface area contributed by atoms with Gasteiger partial charge in [0.15, 0.2) is 0 Å². The maximum Gasteiger partial charge on any atom is 0.316 e. The first-order valence-electron chi connectivity index (χ1n) is 0.928. The zero-order valence-corrected chi connectivity index (χ0v) is 8.51. The molecule has 0 aliphatic heterocycles. The summed E-state index contributed by atoms with van der Waals surface area (Å²) in [7, 11) is 0. The van der Waals surface area contributed by atoms with E-state index < -0.39 is 5.97 Å². The molecule has 0 saturated heterocycles. The molecule has 0 radical (unpaired) electrons. The monoisotopic (exact) mass is 314 g/mol. The van der Waals surface area contributed by atoms with Crippen LogP contribution in [-0.4, -0.2) is 34.1 Å². The molecular formula is C2H6HfMgO2Ti. The van der Waals surface area contributed by atoms with E-state index in [1.165, 1.54) is 0 Å². The molecule has 0 bridgehead atoms. The van der Waals surface area contributed by atoms with Crippen LogP contribution in [0.4, 0.5) is 0 Å². The third-order valence-electron chi connectivity index (χ3n) is 0. The van der Waals surface area contributed by atoms with E-state index in [1.54, 1.807) is 0 Å². The minimum atomic E-state index is -0.833. The maximum atomic E-state index is 9.00. The molecule has 0 aromatic rings.